The minimum Gasteiger partial charge on any atom is -0.490 e. The predicted molar refractivity (Wildman–Crippen MR) is 277 cm³/mol. The number of benzene rings is 2. The molecule has 5 nitrogen and oxygen atoms in total. The van der Waals surface area contributed by atoms with Gasteiger partial charge in [-0.1, -0.05) is 242 Å². The molecule has 0 unspecified atom stereocenters. The molecule has 0 bridgehead atoms. The second-order valence-electron chi connectivity index (χ2n) is 18.4. The Bertz CT molecular complexity index is 1730. The normalized spacial score (nSPS) is 11.1. The average Bonchev–Trinajstić information content (AvgIpc) is 3.34. The molecule has 4 rings (SSSR count). The molecule has 0 N–H and O–H groups in total. The number of pyridine rings is 2. The van der Waals surface area contributed by atoms with Gasteiger partial charge in [-0.2, -0.15) is 0 Å². The van der Waals surface area contributed by atoms with Gasteiger partial charge in [0, 0.05) is 22.9 Å². The van der Waals surface area contributed by atoms with Crippen molar-refractivity contribution in [2.45, 2.75) is 213 Å². The summed E-state index contributed by atoms with van der Waals surface area (Å²) in [5.41, 5.74) is 5.26. The third-order valence-electron chi connectivity index (χ3n) is 12.4. The molecule has 0 atom stereocenters. The van der Waals surface area contributed by atoms with Gasteiger partial charge < -0.3 is 14.2 Å². The van der Waals surface area contributed by atoms with Crippen molar-refractivity contribution in [2.24, 2.45) is 0 Å². The predicted octanol–water partition coefficient (Wildman–Crippen LogP) is 18.1. The summed E-state index contributed by atoms with van der Waals surface area (Å²) in [5.74, 6) is 9.23. The first-order chi connectivity index (χ1) is 32.2. The fourth-order valence-corrected chi connectivity index (χ4v) is 8.46. The zero-order chi connectivity index (χ0) is 45.7. The van der Waals surface area contributed by atoms with Gasteiger partial charge in [0.2, 0.25) is 5.75 Å². The molecular formula is C60H88N2O3. The second kappa shape index (κ2) is 35.9. The number of aromatic nitrogens is 2. The van der Waals surface area contributed by atoms with Gasteiger partial charge in [0.15, 0.2) is 11.5 Å². The third-order valence-corrected chi connectivity index (χ3v) is 12.4. The standard InChI is InChI=1S/C60H88N2O3/c1-4-7-10-13-16-19-22-25-28-36-45-63-58-50-53(43-42-52-48-56(54-39-32-31-33-40-54)62-57(49-52)55-41-34-35-44-61-55)51-59(64-46-37-29-26-23-20-17-14-11-8-5-2)60(58)65-47-38-30-27-24-21-18-15-12-9-6-3/h31-35,39-41,44,48-51H,4-30,36-38,45-47H2,1-3H3. The van der Waals surface area contributed by atoms with Crippen molar-refractivity contribution in [3.8, 4) is 51.7 Å². The highest BCUT2D eigenvalue weighted by Crippen LogP contribution is 2.40. The molecule has 0 aliphatic carbocycles. The Hall–Kier alpha value is -4.30. The summed E-state index contributed by atoms with van der Waals surface area (Å²) in [4.78, 5) is 9.63. The molecule has 2 aromatic carbocycles. The molecule has 4 aromatic rings. The number of hydrogen-bond donors (Lipinski definition) is 0. The van der Waals surface area contributed by atoms with Gasteiger partial charge in [-0.3, -0.25) is 4.98 Å². The maximum atomic E-state index is 6.67. The van der Waals surface area contributed by atoms with E-state index < -0.39 is 0 Å². The smallest absolute Gasteiger partial charge is 0.203 e. The lowest BCUT2D eigenvalue weighted by Crippen LogP contribution is -2.07. The number of unbranched alkanes of at least 4 members (excludes halogenated alkanes) is 27. The van der Waals surface area contributed by atoms with Crippen LogP contribution in [-0.2, 0) is 0 Å². The molecule has 0 amide bonds. The van der Waals surface area contributed by atoms with Crippen molar-refractivity contribution < 1.29 is 14.2 Å². The summed E-state index contributed by atoms with van der Waals surface area (Å²) >= 11 is 0. The first-order valence-corrected chi connectivity index (χ1v) is 26.8. The van der Waals surface area contributed by atoms with Gasteiger partial charge in [-0.15, -0.1) is 0 Å². The van der Waals surface area contributed by atoms with E-state index in [0.717, 1.165) is 70.3 Å². The number of ether oxygens (including phenoxy) is 3. The van der Waals surface area contributed by atoms with E-state index in [-0.39, 0.29) is 0 Å². The Kier molecular flexibility index (Phi) is 29.4. The van der Waals surface area contributed by atoms with Crippen molar-refractivity contribution in [1.29, 1.82) is 0 Å². The first-order valence-electron chi connectivity index (χ1n) is 26.8. The van der Waals surface area contributed by atoms with E-state index in [1.54, 1.807) is 0 Å². The highest BCUT2D eigenvalue weighted by atomic mass is 16.5. The fourth-order valence-electron chi connectivity index (χ4n) is 8.46. The summed E-state index contributed by atoms with van der Waals surface area (Å²) in [5, 5.41) is 0. The van der Waals surface area contributed by atoms with Gasteiger partial charge in [0.05, 0.1) is 36.9 Å². The van der Waals surface area contributed by atoms with E-state index in [4.69, 9.17) is 19.2 Å². The molecule has 0 aliphatic rings. The quantitative estimate of drug-likeness (QED) is 0.0332. The Labute approximate surface area is 397 Å². The van der Waals surface area contributed by atoms with E-state index in [1.165, 1.54) is 173 Å². The molecule has 5 heteroatoms. The lowest BCUT2D eigenvalue weighted by Gasteiger charge is -2.18. The van der Waals surface area contributed by atoms with Crippen LogP contribution in [0.4, 0.5) is 0 Å². The van der Waals surface area contributed by atoms with Crippen LogP contribution in [-0.4, -0.2) is 29.8 Å². The minimum atomic E-state index is 0.651. The van der Waals surface area contributed by atoms with E-state index in [1.807, 2.05) is 48.7 Å². The van der Waals surface area contributed by atoms with Gasteiger partial charge >= 0.3 is 0 Å². The van der Waals surface area contributed by atoms with Crippen LogP contribution in [0.15, 0.2) is 79.0 Å². The molecule has 65 heavy (non-hydrogen) atoms. The van der Waals surface area contributed by atoms with E-state index in [2.05, 4.69) is 67.9 Å². The van der Waals surface area contributed by atoms with Crippen LogP contribution in [0.25, 0.3) is 22.6 Å². The topological polar surface area (TPSA) is 53.5 Å². The van der Waals surface area contributed by atoms with Crippen LogP contribution in [0.1, 0.15) is 225 Å². The van der Waals surface area contributed by atoms with E-state index in [9.17, 15) is 0 Å². The Balaban J connectivity index is 1.51. The van der Waals surface area contributed by atoms with Crippen LogP contribution < -0.4 is 14.2 Å². The van der Waals surface area contributed by atoms with Crippen LogP contribution in [0.2, 0.25) is 0 Å². The largest absolute Gasteiger partial charge is 0.490 e. The zero-order valence-electron chi connectivity index (χ0n) is 41.5. The Morgan fingerprint density at radius 1 is 0.369 bits per heavy atom. The third kappa shape index (κ3) is 23.6. The monoisotopic (exact) mass is 885 g/mol. The van der Waals surface area contributed by atoms with Crippen molar-refractivity contribution in [3.63, 3.8) is 0 Å². The van der Waals surface area contributed by atoms with Gasteiger partial charge in [-0.25, -0.2) is 4.98 Å². The Morgan fingerprint density at radius 2 is 0.754 bits per heavy atom. The molecule has 0 radical (unpaired) electrons. The molecule has 0 aliphatic heterocycles. The van der Waals surface area contributed by atoms with E-state index >= 15 is 0 Å². The average molecular weight is 885 g/mol. The Morgan fingerprint density at radius 3 is 1.18 bits per heavy atom. The number of rotatable bonds is 38. The number of hydrogen-bond acceptors (Lipinski definition) is 5. The molecule has 356 valence electrons. The zero-order valence-corrected chi connectivity index (χ0v) is 41.5. The molecule has 2 aromatic heterocycles. The van der Waals surface area contributed by atoms with Gasteiger partial charge in [0.25, 0.3) is 0 Å². The molecule has 2 heterocycles. The molecule has 0 saturated heterocycles. The van der Waals surface area contributed by atoms with Crippen LogP contribution in [0.5, 0.6) is 17.2 Å². The number of nitrogens with zero attached hydrogens (tertiary/aromatic N) is 2. The van der Waals surface area contributed by atoms with Crippen LogP contribution in [0.3, 0.4) is 0 Å². The van der Waals surface area contributed by atoms with Gasteiger partial charge in [0.1, 0.15) is 0 Å². The minimum absolute atomic E-state index is 0.651. The van der Waals surface area contributed by atoms with Crippen LogP contribution in [0, 0.1) is 11.8 Å². The lowest BCUT2D eigenvalue weighted by molar-refractivity contribution is 0.234. The van der Waals surface area contributed by atoms with Crippen molar-refractivity contribution >= 4 is 0 Å². The van der Waals surface area contributed by atoms with E-state index in [0.29, 0.717) is 19.8 Å². The molecule has 0 fully saturated rings. The highest BCUT2D eigenvalue weighted by Gasteiger charge is 2.16. The summed E-state index contributed by atoms with van der Waals surface area (Å²) in [6.07, 6.45) is 40.6. The lowest BCUT2D eigenvalue weighted by atomic mass is 10.1. The van der Waals surface area contributed by atoms with Gasteiger partial charge in [-0.05, 0) is 55.7 Å². The summed E-state index contributed by atoms with van der Waals surface area (Å²) in [6.45, 7) is 8.82. The first kappa shape index (κ1) is 53.3. The second-order valence-corrected chi connectivity index (χ2v) is 18.4. The fraction of sp³-hybridized carbons (Fsp3) is 0.600. The maximum absolute atomic E-state index is 6.67. The highest BCUT2D eigenvalue weighted by molar-refractivity contribution is 5.68. The van der Waals surface area contributed by atoms with Crippen molar-refractivity contribution in [2.75, 3.05) is 19.8 Å². The molecular weight excluding hydrogens is 797 g/mol. The maximum Gasteiger partial charge on any atom is 0.203 e. The molecule has 0 saturated carbocycles. The summed E-state index contributed by atoms with van der Waals surface area (Å²) in [7, 11) is 0. The summed E-state index contributed by atoms with van der Waals surface area (Å²) < 4.78 is 20.0. The van der Waals surface area contributed by atoms with Crippen LogP contribution >= 0.6 is 0 Å². The van der Waals surface area contributed by atoms with Crippen molar-refractivity contribution in [1.82, 2.24) is 9.97 Å². The molecule has 0 spiro atoms. The summed E-state index contributed by atoms with van der Waals surface area (Å²) in [6, 6.07) is 24.5. The SMILES string of the molecule is CCCCCCCCCCCCOc1cc(C#Cc2cc(-c3ccccc3)nc(-c3ccccn3)c2)cc(OCCCCCCCCCCCC)c1OCCCCCCCCCCCC. The van der Waals surface area contributed by atoms with Crippen molar-refractivity contribution in [3.05, 3.63) is 90.1 Å².